The van der Waals surface area contributed by atoms with E-state index < -0.39 is 0 Å². The fraction of sp³-hybridized carbons (Fsp3) is 0.533. The first kappa shape index (κ1) is 13.9. The summed E-state index contributed by atoms with van der Waals surface area (Å²) in [6, 6.07) is 5.84. The predicted octanol–water partition coefficient (Wildman–Crippen LogP) is 2.34. The topological polar surface area (TPSA) is 50.4 Å². The summed E-state index contributed by atoms with van der Waals surface area (Å²) in [6.07, 6.45) is 1.95. The smallest absolute Gasteiger partial charge is 0.253 e. The quantitative estimate of drug-likeness (QED) is 0.879. The molecule has 0 radical (unpaired) electrons. The van der Waals surface area contributed by atoms with Crippen LogP contribution in [0.25, 0.3) is 0 Å². The second-order valence-electron chi connectivity index (χ2n) is 5.47. The maximum absolute atomic E-state index is 12.4. The molecule has 0 aromatic heterocycles. The van der Waals surface area contributed by atoms with E-state index in [2.05, 4.69) is 10.6 Å². The Balaban J connectivity index is 2.17. The van der Waals surface area contributed by atoms with Crippen LogP contribution in [0.3, 0.4) is 0 Å². The number of hydrogen-bond donors (Lipinski definition) is 2. The zero-order valence-electron chi connectivity index (χ0n) is 11.9. The van der Waals surface area contributed by atoms with Crippen LogP contribution in [0, 0.1) is 6.92 Å². The highest BCUT2D eigenvalue weighted by Crippen LogP contribution is 2.21. The van der Waals surface area contributed by atoms with Gasteiger partial charge in [-0.1, -0.05) is 11.6 Å². The van der Waals surface area contributed by atoms with Crippen molar-refractivity contribution in [3.8, 4) is 0 Å². The van der Waals surface area contributed by atoms with Crippen LogP contribution in [0.5, 0.6) is 0 Å². The highest BCUT2D eigenvalue weighted by molar-refractivity contribution is 6.00. The van der Waals surface area contributed by atoms with E-state index in [9.17, 15) is 4.79 Å². The summed E-state index contributed by atoms with van der Waals surface area (Å²) in [5, 5.41) is 6.17. The van der Waals surface area contributed by atoms with Crippen molar-refractivity contribution in [2.24, 2.45) is 0 Å². The molecule has 4 heteroatoms. The molecule has 4 nitrogen and oxygen atoms in total. The monoisotopic (exact) mass is 262 g/mol. The van der Waals surface area contributed by atoms with Gasteiger partial charge in [0.05, 0.1) is 17.7 Å². The third-order valence-corrected chi connectivity index (χ3v) is 3.54. The van der Waals surface area contributed by atoms with E-state index in [1.165, 1.54) is 0 Å². The molecule has 1 aromatic rings. The van der Waals surface area contributed by atoms with Gasteiger partial charge in [-0.25, -0.2) is 0 Å². The van der Waals surface area contributed by atoms with Gasteiger partial charge in [0.2, 0.25) is 0 Å². The van der Waals surface area contributed by atoms with Crippen LogP contribution in [0.4, 0.5) is 5.69 Å². The fourth-order valence-electron chi connectivity index (χ4n) is 2.44. The van der Waals surface area contributed by atoms with Gasteiger partial charge >= 0.3 is 0 Å². The van der Waals surface area contributed by atoms with Crippen molar-refractivity contribution in [2.45, 2.75) is 32.2 Å². The summed E-state index contributed by atoms with van der Waals surface area (Å²) in [5.41, 5.74) is 2.36. The van der Waals surface area contributed by atoms with Gasteiger partial charge in [0.25, 0.3) is 5.91 Å². The van der Waals surface area contributed by atoms with E-state index in [1.807, 2.05) is 39.1 Å². The SMILES string of the molecule is CNc1ccc(C)cc1C(=O)NC1(C)CCCOC1. The van der Waals surface area contributed by atoms with E-state index in [0.29, 0.717) is 12.2 Å². The lowest BCUT2D eigenvalue weighted by molar-refractivity contribution is 0.0273. The van der Waals surface area contributed by atoms with Crippen molar-refractivity contribution in [3.05, 3.63) is 29.3 Å². The Labute approximate surface area is 114 Å². The standard InChI is InChI=1S/C15H22N2O2/c1-11-5-6-13(16-3)12(9-11)14(18)17-15(2)7-4-8-19-10-15/h5-6,9,16H,4,7-8,10H2,1-3H3,(H,17,18). The molecule has 2 rings (SSSR count). The Hall–Kier alpha value is -1.55. The summed E-state index contributed by atoms with van der Waals surface area (Å²) in [5.74, 6) is -0.0407. The molecule has 104 valence electrons. The number of aryl methyl sites for hydroxylation is 1. The van der Waals surface area contributed by atoms with E-state index in [0.717, 1.165) is 30.7 Å². The average Bonchev–Trinajstić information content (AvgIpc) is 2.39. The Bertz CT molecular complexity index is 465. The minimum atomic E-state index is -0.260. The molecule has 1 heterocycles. The van der Waals surface area contributed by atoms with Crippen LogP contribution in [0.1, 0.15) is 35.7 Å². The number of hydrogen-bond acceptors (Lipinski definition) is 3. The lowest BCUT2D eigenvalue weighted by atomic mass is 9.94. The Morgan fingerprint density at radius 1 is 1.42 bits per heavy atom. The number of rotatable bonds is 3. The van der Waals surface area contributed by atoms with E-state index >= 15 is 0 Å². The van der Waals surface area contributed by atoms with Crippen LogP contribution in [0.2, 0.25) is 0 Å². The first-order valence-corrected chi connectivity index (χ1v) is 6.73. The van der Waals surface area contributed by atoms with Gasteiger partial charge in [-0.2, -0.15) is 0 Å². The largest absolute Gasteiger partial charge is 0.387 e. The molecule has 1 aromatic carbocycles. The van der Waals surface area contributed by atoms with Crippen molar-refractivity contribution in [1.82, 2.24) is 5.32 Å². The van der Waals surface area contributed by atoms with Gasteiger partial charge in [-0.15, -0.1) is 0 Å². The fourth-order valence-corrected chi connectivity index (χ4v) is 2.44. The number of nitrogens with one attached hydrogen (secondary N) is 2. The molecule has 19 heavy (non-hydrogen) atoms. The zero-order chi connectivity index (χ0) is 13.9. The maximum Gasteiger partial charge on any atom is 0.253 e. The number of amides is 1. The Kier molecular flexibility index (Phi) is 4.10. The van der Waals surface area contributed by atoms with Crippen LogP contribution in [-0.2, 0) is 4.74 Å². The molecule has 0 spiro atoms. The van der Waals surface area contributed by atoms with Crippen molar-refractivity contribution in [3.63, 3.8) is 0 Å². The molecule has 0 bridgehead atoms. The molecule has 1 atom stereocenters. The molecule has 1 fully saturated rings. The number of ether oxygens (including phenoxy) is 1. The van der Waals surface area contributed by atoms with Crippen LogP contribution >= 0.6 is 0 Å². The number of anilines is 1. The number of carbonyl (C=O) groups is 1. The van der Waals surface area contributed by atoms with Gasteiger partial charge < -0.3 is 15.4 Å². The van der Waals surface area contributed by atoms with Gasteiger partial charge in [-0.3, -0.25) is 4.79 Å². The molecule has 2 N–H and O–H groups in total. The highest BCUT2D eigenvalue weighted by atomic mass is 16.5. The van der Waals surface area contributed by atoms with Crippen molar-refractivity contribution in [1.29, 1.82) is 0 Å². The first-order valence-electron chi connectivity index (χ1n) is 6.73. The summed E-state index contributed by atoms with van der Waals surface area (Å²) < 4.78 is 5.47. The summed E-state index contributed by atoms with van der Waals surface area (Å²) in [4.78, 5) is 12.4. The van der Waals surface area contributed by atoms with E-state index in [1.54, 1.807) is 0 Å². The summed E-state index contributed by atoms with van der Waals surface area (Å²) in [7, 11) is 1.83. The second kappa shape index (κ2) is 5.61. The average molecular weight is 262 g/mol. The predicted molar refractivity (Wildman–Crippen MR) is 76.6 cm³/mol. The lowest BCUT2D eigenvalue weighted by Gasteiger charge is -2.34. The first-order chi connectivity index (χ1) is 9.04. The maximum atomic E-state index is 12.4. The molecular weight excluding hydrogens is 240 g/mol. The molecular formula is C15H22N2O2. The minimum Gasteiger partial charge on any atom is -0.387 e. The summed E-state index contributed by atoms with van der Waals surface area (Å²) >= 11 is 0. The van der Waals surface area contributed by atoms with Crippen LogP contribution in [-0.4, -0.2) is 31.7 Å². The Morgan fingerprint density at radius 3 is 2.84 bits per heavy atom. The van der Waals surface area contributed by atoms with Gasteiger partial charge in [0.15, 0.2) is 0 Å². The van der Waals surface area contributed by atoms with Crippen molar-refractivity contribution in [2.75, 3.05) is 25.6 Å². The number of carbonyl (C=O) groups excluding carboxylic acids is 1. The molecule has 0 aliphatic carbocycles. The lowest BCUT2D eigenvalue weighted by Crippen LogP contribution is -2.51. The molecule has 1 saturated heterocycles. The molecule has 1 unspecified atom stereocenters. The van der Waals surface area contributed by atoms with Crippen molar-refractivity contribution >= 4 is 11.6 Å². The molecule has 0 saturated carbocycles. The third-order valence-electron chi connectivity index (χ3n) is 3.54. The molecule has 1 aliphatic rings. The van der Waals surface area contributed by atoms with Crippen molar-refractivity contribution < 1.29 is 9.53 Å². The highest BCUT2D eigenvalue weighted by Gasteiger charge is 2.30. The zero-order valence-corrected chi connectivity index (χ0v) is 11.9. The van der Waals surface area contributed by atoms with E-state index in [-0.39, 0.29) is 11.4 Å². The molecule has 1 aliphatic heterocycles. The minimum absolute atomic E-state index is 0.0407. The second-order valence-corrected chi connectivity index (χ2v) is 5.47. The summed E-state index contributed by atoms with van der Waals surface area (Å²) in [6.45, 7) is 5.40. The van der Waals surface area contributed by atoms with Gasteiger partial charge in [0, 0.05) is 19.3 Å². The van der Waals surface area contributed by atoms with Crippen LogP contribution < -0.4 is 10.6 Å². The van der Waals surface area contributed by atoms with Crippen LogP contribution in [0.15, 0.2) is 18.2 Å². The van der Waals surface area contributed by atoms with Gasteiger partial charge in [-0.05, 0) is 38.8 Å². The third kappa shape index (κ3) is 3.26. The normalized spacial score (nSPS) is 22.9. The molecule has 1 amide bonds. The van der Waals surface area contributed by atoms with E-state index in [4.69, 9.17) is 4.74 Å². The van der Waals surface area contributed by atoms with Gasteiger partial charge in [0.1, 0.15) is 0 Å². The number of benzene rings is 1. The Morgan fingerprint density at radius 2 is 2.21 bits per heavy atom.